The first-order valence-corrected chi connectivity index (χ1v) is 9.05. The Hall–Kier alpha value is -3.02. The van der Waals surface area contributed by atoms with E-state index in [1.165, 1.54) is 0 Å². The van der Waals surface area contributed by atoms with Crippen LogP contribution >= 0.6 is 0 Å². The minimum Gasteiger partial charge on any atom is -0.356 e. The molecule has 3 aromatic rings. The number of aromatic nitrogens is 4. The Morgan fingerprint density at radius 1 is 1.15 bits per heavy atom. The number of carbonyl (C=O) groups excluding carboxylic acids is 1. The number of aromatic amines is 1. The summed E-state index contributed by atoms with van der Waals surface area (Å²) >= 11 is 0. The van der Waals surface area contributed by atoms with Gasteiger partial charge >= 0.3 is 0 Å². The van der Waals surface area contributed by atoms with Crippen molar-refractivity contribution < 1.29 is 4.79 Å². The molecule has 6 heteroatoms. The van der Waals surface area contributed by atoms with Gasteiger partial charge < -0.3 is 10.3 Å². The van der Waals surface area contributed by atoms with Crippen molar-refractivity contribution in [2.24, 2.45) is 0 Å². The van der Waals surface area contributed by atoms with Gasteiger partial charge in [-0.05, 0) is 48.9 Å². The van der Waals surface area contributed by atoms with Crippen LogP contribution in [0.4, 0.5) is 0 Å². The molecule has 0 unspecified atom stereocenters. The molecule has 6 nitrogen and oxygen atoms in total. The molecule has 0 bridgehead atoms. The first-order valence-electron chi connectivity index (χ1n) is 9.05. The van der Waals surface area contributed by atoms with Gasteiger partial charge in [0.05, 0.1) is 17.0 Å². The average Bonchev–Trinajstić information content (AvgIpc) is 3.35. The minimum atomic E-state index is 0.0556. The summed E-state index contributed by atoms with van der Waals surface area (Å²) in [6.45, 7) is 0.746. The van der Waals surface area contributed by atoms with Crippen molar-refractivity contribution in [1.29, 1.82) is 0 Å². The lowest BCUT2D eigenvalue weighted by Crippen LogP contribution is -2.39. The summed E-state index contributed by atoms with van der Waals surface area (Å²) in [6, 6.07) is 3.85. The highest BCUT2D eigenvalue weighted by atomic mass is 16.1. The number of hydrogen-bond acceptors (Lipinski definition) is 4. The van der Waals surface area contributed by atoms with Crippen molar-refractivity contribution in [1.82, 2.24) is 25.3 Å². The molecule has 26 heavy (non-hydrogen) atoms. The molecule has 6 rings (SSSR count). The molecular weight excluding hydrogens is 326 g/mol. The number of pyridine rings is 1. The molecule has 128 valence electrons. The Kier molecular flexibility index (Phi) is 2.61. The topological polar surface area (TPSA) is 83.6 Å². The van der Waals surface area contributed by atoms with Crippen LogP contribution in [0.5, 0.6) is 0 Å². The first-order chi connectivity index (χ1) is 12.8. The van der Waals surface area contributed by atoms with E-state index in [2.05, 4.69) is 20.3 Å². The van der Waals surface area contributed by atoms with Crippen LogP contribution in [-0.4, -0.2) is 32.4 Å². The van der Waals surface area contributed by atoms with Crippen LogP contribution < -0.4 is 5.32 Å². The van der Waals surface area contributed by atoms with Gasteiger partial charge in [-0.1, -0.05) is 0 Å². The van der Waals surface area contributed by atoms with Crippen LogP contribution in [0, 0.1) is 0 Å². The van der Waals surface area contributed by atoms with Gasteiger partial charge in [0.2, 0.25) is 0 Å². The quantitative estimate of drug-likeness (QED) is 0.711. The van der Waals surface area contributed by atoms with Crippen molar-refractivity contribution in [2.45, 2.75) is 31.1 Å². The van der Waals surface area contributed by atoms with Crippen LogP contribution in [0.2, 0.25) is 0 Å². The van der Waals surface area contributed by atoms with E-state index in [9.17, 15) is 4.79 Å². The van der Waals surface area contributed by atoms with Crippen LogP contribution in [0.15, 0.2) is 30.7 Å². The molecule has 1 aliphatic heterocycles. The van der Waals surface area contributed by atoms with E-state index in [0.717, 1.165) is 71.6 Å². The largest absolute Gasteiger partial charge is 0.356 e. The maximum atomic E-state index is 12.6. The predicted molar refractivity (Wildman–Crippen MR) is 95.7 cm³/mol. The monoisotopic (exact) mass is 343 g/mol. The summed E-state index contributed by atoms with van der Waals surface area (Å²) in [5.74, 6) is 0.725. The third kappa shape index (κ3) is 1.81. The Morgan fingerprint density at radius 3 is 2.88 bits per heavy atom. The molecule has 1 amide bonds. The van der Waals surface area contributed by atoms with Gasteiger partial charge in [-0.25, -0.2) is 9.97 Å². The zero-order chi connectivity index (χ0) is 17.3. The third-order valence-corrected chi connectivity index (χ3v) is 5.97. The Labute approximate surface area is 150 Å². The van der Waals surface area contributed by atoms with Crippen LogP contribution in [-0.2, 0) is 18.3 Å². The van der Waals surface area contributed by atoms with Crippen LogP contribution in [0.3, 0.4) is 0 Å². The van der Waals surface area contributed by atoms with E-state index in [1.807, 2.05) is 18.3 Å². The number of fused-ring (bicyclic) bond motifs is 6. The summed E-state index contributed by atoms with van der Waals surface area (Å²) in [5, 5.41) is 3.09. The molecule has 1 fully saturated rings. The van der Waals surface area contributed by atoms with Crippen LogP contribution in [0.25, 0.3) is 22.8 Å². The number of rotatable bonds is 1. The minimum absolute atomic E-state index is 0.0556. The first kappa shape index (κ1) is 14.2. The lowest BCUT2D eigenvalue weighted by Gasteiger charge is -2.23. The van der Waals surface area contributed by atoms with E-state index >= 15 is 0 Å². The maximum absolute atomic E-state index is 12.6. The van der Waals surface area contributed by atoms with Gasteiger partial charge in [-0.2, -0.15) is 0 Å². The lowest BCUT2D eigenvalue weighted by atomic mass is 9.88. The SMILES string of the molecule is O=C1NCC2(CC2)c2[nH]c3c(c21)CCc1cnc(-c2cccnc2)nc1-3. The van der Waals surface area contributed by atoms with Gasteiger partial charge in [0, 0.05) is 41.8 Å². The molecule has 2 N–H and O–H groups in total. The molecule has 4 heterocycles. The van der Waals surface area contributed by atoms with Gasteiger partial charge in [-0.3, -0.25) is 9.78 Å². The molecule has 0 atom stereocenters. The molecule has 1 saturated carbocycles. The summed E-state index contributed by atoms with van der Waals surface area (Å²) in [5.41, 5.74) is 7.21. The molecule has 0 aromatic carbocycles. The maximum Gasteiger partial charge on any atom is 0.253 e. The number of H-pyrrole nitrogens is 1. The fraction of sp³-hybridized carbons (Fsp3) is 0.300. The number of aryl methyl sites for hydroxylation is 1. The van der Waals surface area contributed by atoms with Gasteiger partial charge in [0.1, 0.15) is 0 Å². The summed E-state index contributed by atoms with van der Waals surface area (Å²) in [4.78, 5) is 29.7. The van der Waals surface area contributed by atoms with Gasteiger partial charge in [-0.15, -0.1) is 0 Å². The highest BCUT2D eigenvalue weighted by Gasteiger charge is 2.51. The summed E-state index contributed by atoms with van der Waals surface area (Å²) in [6.07, 6.45) is 9.42. The molecule has 3 aromatic heterocycles. The van der Waals surface area contributed by atoms with Crippen molar-refractivity contribution in [3.8, 4) is 22.8 Å². The molecule has 1 spiro atoms. The van der Waals surface area contributed by atoms with Crippen molar-refractivity contribution >= 4 is 5.91 Å². The summed E-state index contributed by atoms with van der Waals surface area (Å²) in [7, 11) is 0. The Bertz CT molecular complexity index is 1070. The predicted octanol–water partition coefficient (Wildman–Crippen LogP) is 2.41. The van der Waals surface area contributed by atoms with E-state index < -0.39 is 0 Å². The molecule has 2 aliphatic carbocycles. The van der Waals surface area contributed by atoms with E-state index in [-0.39, 0.29) is 11.3 Å². The molecule has 3 aliphatic rings. The number of nitrogens with zero attached hydrogens (tertiary/aromatic N) is 3. The lowest BCUT2D eigenvalue weighted by molar-refractivity contribution is 0.0936. The Morgan fingerprint density at radius 2 is 2.08 bits per heavy atom. The van der Waals surface area contributed by atoms with Crippen molar-refractivity contribution in [3.05, 3.63) is 53.1 Å². The average molecular weight is 343 g/mol. The smallest absolute Gasteiger partial charge is 0.253 e. The van der Waals surface area contributed by atoms with Crippen molar-refractivity contribution in [2.75, 3.05) is 6.54 Å². The highest BCUT2D eigenvalue weighted by molar-refractivity contribution is 6.01. The van der Waals surface area contributed by atoms with E-state index in [4.69, 9.17) is 4.98 Å². The molecular formula is C20H17N5O. The zero-order valence-electron chi connectivity index (χ0n) is 14.2. The van der Waals surface area contributed by atoms with E-state index in [0.29, 0.717) is 5.82 Å². The molecule has 0 saturated heterocycles. The number of carbonyl (C=O) groups is 1. The fourth-order valence-corrected chi connectivity index (χ4v) is 4.34. The molecule has 0 radical (unpaired) electrons. The third-order valence-electron chi connectivity index (χ3n) is 5.97. The normalized spacial score (nSPS) is 18.7. The second-order valence-electron chi connectivity index (χ2n) is 7.50. The highest BCUT2D eigenvalue weighted by Crippen LogP contribution is 2.52. The van der Waals surface area contributed by atoms with Gasteiger partial charge in [0.15, 0.2) is 5.82 Å². The summed E-state index contributed by atoms with van der Waals surface area (Å²) < 4.78 is 0. The second-order valence-corrected chi connectivity index (χ2v) is 7.50. The second kappa shape index (κ2) is 4.78. The fourth-order valence-electron chi connectivity index (χ4n) is 4.34. The number of nitrogens with one attached hydrogen (secondary N) is 2. The standard InChI is InChI=1S/C20H17N5O/c26-19-14-13-4-3-11-9-22-18(12-2-1-7-21-8-12)25-15(11)16(13)24-17(14)20(5-6-20)10-23-19/h1-2,7-9,24H,3-6,10H2,(H,23,26). The van der Waals surface area contributed by atoms with E-state index in [1.54, 1.807) is 12.4 Å². The van der Waals surface area contributed by atoms with Crippen molar-refractivity contribution in [3.63, 3.8) is 0 Å². The number of amides is 1. The van der Waals surface area contributed by atoms with Gasteiger partial charge in [0.25, 0.3) is 5.91 Å². The number of hydrogen-bond donors (Lipinski definition) is 2. The Balaban J connectivity index is 1.56. The van der Waals surface area contributed by atoms with Crippen LogP contribution in [0.1, 0.15) is 40.0 Å². The zero-order valence-corrected chi connectivity index (χ0v) is 14.2.